The van der Waals surface area contributed by atoms with Gasteiger partial charge in [-0.05, 0) is 38.3 Å². The Kier molecular flexibility index (Phi) is 5.80. The smallest absolute Gasteiger partial charge is 0.409 e. The van der Waals surface area contributed by atoms with E-state index < -0.39 is 0 Å². The minimum Gasteiger partial charge on any atom is -0.467 e. The van der Waals surface area contributed by atoms with E-state index in [9.17, 15) is 14.4 Å². The molecule has 0 bridgehead atoms. The zero-order valence-electron chi connectivity index (χ0n) is 14.9. The molecule has 2 N–H and O–H groups in total. The summed E-state index contributed by atoms with van der Waals surface area (Å²) in [5, 5.41) is 5.81. The van der Waals surface area contributed by atoms with Gasteiger partial charge in [0.05, 0.1) is 31.3 Å². The Morgan fingerprint density at radius 3 is 2.62 bits per heavy atom. The van der Waals surface area contributed by atoms with Gasteiger partial charge in [-0.2, -0.15) is 0 Å². The zero-order chi connectivity index (χ0) is 18.5. The Labute approximate surface area is 152 Å². The third-order valence-electron chi connectivity index (χ3n) is 4.85. The number of hydrogen-bond acceptors (Lipinski definition) is 5. The molecule has 2 unspecified atom stereocenters. The van der Waals surface area contributed by atoms with Crippen LogP contribution in [0.4, 0.5) is 4.79 Å². The van der Waals surface area contributed by atoms with Gasteiger partial charge in [0.25, 0.3) is 0 Å². The molecule has 1 aromatic heterocycles. The highest BCUT2D eigenvalue weighted by molar-refractivity contribution is 5.92. The lowest BCUT2D eigenvalue weighted by Gasteiger charge is -2.31. The van der Waals surface area contributed by atoms with E-state index >= 15 is 0 Å². The molecule has 2 heterocycles. The second-order valence-corrected chi connectivity index (χ2v) is 6.71. The van der Waals surface area contributed by atoms with Gasteiger partial charge in [-0.25, -0.2) is 4.79 Å². The SMILES string of the molecule is CCOC(=O)N1CCC(NC(=O)C2CC2C(=O)NCc2ccco2)CC1. The molecular weight excluding hydrogens is 338 g/mol. The van der Waals surface area contributed by atoms with Gasteiger partial charge in [0.1, 0.15) is 5.76 Å². The Hall–Kier alpha value is -2.51. The molecular formula is C18H25N3O5. The zero-order valence-corrected chi connectivity index (χ0v) is 14.9. The minimum atomic E-state index is -0.298. The number of carbonyl (C=O) groups excluding carboxylic acids is 3. The van der Waals surface area contributed by atoms with Gasteiger partial charge < -0.3 is 24.7 Å². The summed E-state index contributed by atoms with van der Waals surface area (Å²) in [6.07, 6.45) is 3.24. The van der Waals surface area contributed by atoms with Crippen molar-refractivity contribution in [3.05, 3.63) is 24.2 Å². The fourth-order valence-electron chi connectivity index (χ4n) is 3.22. The lowest BCUT2D eigenvalue weighted by atomic mass is 10.1. The first-order valence-corrected chi connectivity index (χ1v) is 9.10. The van der Waals surface area contributed by atoms with E-state index in [1.807, 2.05) is 0 Å². The molecule has 2 atom stereocenters. The van der Waals surface area contributed by atoms with Gasteiger partial charge in [-0.3, -0.25) is 9.59 Å². The van der Waals surface area contributed by atoms with Gasteiger partial charge in [0, 0.05) is 19.1 Å². The summed E-state index contributed by atoms with van der Waals surface area (Å²) in [5.41, 5.74) is 0. The molecule has 1 saturated carbocycles. The molecule has 8 heteroatoms. The second-order valence-electron chi connectivity index (χ2n) is 6.71. The first-order chi connectivity index (χ1) is 12.6. The maximum absolute atomic E-state index is 12.3. The number of furan rings is 1. The van der Waals surface area contributed by atoms with Crippen molar-refractivity contribution in [3.63, 3.8) is 0 Å². The van der Waals surface area contributed by atoms with Crippen LogP contribution in [0.15, 0.2) is 22.8 Å². The topological polar surface area (TPSA) is 101 Å². The van der Waals surface area contributed by atoms with Gasteiger partial charge in [-0.15, -0.1) is 0 Å². The lowest BCUT2D eigenvalue weighted by molar-refractivity contribution is -0.127. The molecule has 0 radical (unpaired) electrons. The number of nitrogens with zero attached hydrogens (tertiary/aromatic N) is 1. The molecule has 0 spiro atoms. The number of amides is 3. The first kappa shape index (κ1) is 18.3. The van der Waals surface area contributed by atoms with E-state index in [0.29, 0.717) is 51.3 Å². The average molecular weight is 363 g/mol. The number of rotatable bonds is 6. The summed E-state index contributed by atoms with van der Waals surface area (Å²) in [7, 11) is 0. The molecule has 0 aromatic carbocycles. The van der Waals surface area contributed by atoms with Crippen molar-refractivity contribution in [2.24, 2.45) is 11.8 Å². The third-order valence-corrected chi connectivity index (χ3v) is 4.85. The average Bonchev–Trinajstić information content (AvgIpc) is 3.28. The Balaban J connectivity index is 1.36. The number of nitrogens with one attached hydrogen (secondary N) is 2. The number of hydrogen-bond donors (Lipinski definition) is 2. The predicted octanol–water partition coefficient (Wildman–Crippen LogP) is 1.27. The third kappa shape index (κ3) is 4.56. The van der Waals surface area contributed by atoms with Crippen LogP contribution in [0, 0.1) is 11.8 Å². The lowest BCUT2D eigenvalue weighted by Crippen LogP contribution is -2.47. The van der Waals surface area contributed by atoms with Crippen molar-refractivity contribution in [2.75, 3.05) is 19.7 Å². The number of likely N-dealkylation sites (tertiary alicyclic amines) is 1. The van der Waals surface area contributed by atoms with Crippen LogP contribution in [-0.4, -0.2) is 48.5 Å². The van der Waals surface area contributed by atoms with Crippen molar-refractivity contribution in [3.8, 4) is 0 Å². The normalized spacial score (nSPS) is 22.6. The summed E-state index contributed by atoms with van der Waals surface area (Å²) >= 11 is 0. The summed E-state index contributed by atoms with van der Waals surface area (Å²) < 4.78 is 10.2. The highest BCUT2D eigenvalue weighted by Crippen LogP contribution is 2.39. The van der Waals surface area contributed by atoms with Crippen molar-refractivity contribution in [1.29, 1.82) is 0 Å². The van der Waals surface area contributed by atoms with Crippen LogP contribution in [0.25, 0.3) is 0 Å². The summed E-state index contributed by atoms with van der Waals surface area (Å²) in [5.74, 6) is -0.0101. The maximum Gasteiger partial charge on any atom is 0.409 e. The van der Waals surface area contributed by atoms with Crippen LogP contribution < -0.4 is 10.6 Å². The number of piperidine rings is 1. The Morgan fingerprint density at radius 1 is 1.23 bits per heavy atom. The molecule has 3 rings (SSSR count). The molecule has 2 aliphatic rings. The van der Waals surface area contributed by atoms with Gasteiger partial charge in [0.15, 0.2) is 0 Å². The molecule has 1 aromatic rings. The van der Waals surface area contributed by atoms with E-state index in [2.05, 4.69) is 10.6 Å². The van der Waals surface area contributed by atoms with Crippen LogP contribution in [0.2, 0.25) is 0 Å². The van der Waals surface area contributed by atoms with Crippen LogP contribution in [0.5, 0.6) is 0 Å². The van der Waals surface area contributed by atoms with Crippen LogP contribution >= 0.6 is 0 Å². The summed E-state index contributed by atoms with van der Waals surface area (Å²) in [6.45, 7) is 3.62. The number of carbonyl (C=O) groups is 3. The fraction of sp³-hybridized carbons (Fsp3) is 0.611. The van der Waals surface area contributed by atoms with E-state index in [1.54, 1.807) is 30.2 Å². The fourth-order valence-corrected chi connectivity index (χ4v) is 3.22. The molecule has 3 amide bonds. The Morgan fingerprint density at radius 2 is 1.96 bits per heavy atom. The van der Waals surface area contributed by atoms with Gasteiger partial charge >= 0.3 is 6.09 Å². The van der Waals surface area contributed by atoms with Crippen molar-refractivity contribution in [1.82, 2.24) is 15.5 Å². The molecule has 1 saturated heterocycles. The van der Waals surface area contributed by atoms with Crippen molar-refractivity contribution < 1.29 is 23.5 Å². The predicted molar refractivity (Wildman–Crippen MR) is 91.9 cm³/mol. The van der Waals surface area contributed by atoms with Crippen molar-refractivity contribution in [2.45, 2.75) is 38.8 Å². The Bertz CT molecular complexity index is 637. The monoisotopic (exact) mass is 363 g/mol. The molecule has 8 nitrogen and oxygen atoms in total. The summed E-state index contributed by atoms with van der Waals surface area (Å²) in [4.78, 5) is 37.8. The van der Waals surface area contributed by atoms with E-state index in [4.69, 9.17) is 9.15 Å². The molecule has 26 heavy (non-hydrogen) atoms. The van der Waals surface area contributed by atoms with Crippen LogP contribution in [-0.2, 0) is 20.9 Å². The van der Waals surface area contributed by atoms with Crippen LogP contribution in [0.1, 0.15) is 31.9 Å². The molecule has 1 aliphatic carbocycles. The maximum atomic E-state index is 12.3. The van der Waals surface area contributed by atoms with Gasteiger partial charge in [0.2, 0.25) is 11.8 Å². The van der Waals surface area contributed by atoms with E-state index in [1.165, 1.54) is 0 Å². The van der Waals surface area contributed by atoms with E-state index in [0.717, 1.165) is 0 Å². The molecule has 1 aliphatic heterocycles. The van der Waals surface area contributed by atoms with Gasteiger partial charge in [-0.1, -0.05) is 0 Å². The van der Waals surface area contributed by atoms with E-state index in [-0.39, 0.29) is 35.8 Å². The number of ether oxygens (including phenoxy) is 1. The minimum absolute atomic E-state index is 0.0422. The van der Waals surface area contributed by atoms with Crippen LogP contribution in [0.3, 0.4) is 0 Å². The largest absolute Gasteiger partial charge is 0.467 e. The van der Waals surface area contributed by atoms with Crippen molar-refractivity contribution >= 4 is 17.9 Å². The highest BCUT2D eigenvalue weighted by Gasteiger charge is 2.48. The second kappa shape index (κ2) is 8.25. The molecule has 2 fully saturated rings. The quantitative estimate of drug-likeness (QED) is 0.793. The summed E-state index contributed by atoms with van der Waals surface area (Å²) in [6, 6.07) is 3.60. The molecule has 142 valence electrons. The standard InChI is InChI=1S/C18H25N3O5/c1-2-25-18(24)21-7-5-12(6-8-21)20-17(23)15-10-14(15)16(22)19-11-13-4-3-9-26-13/h3-4,9,12,14-15H,2,5-8,10-11H2,1H3,(H,19,22)(H,20,23). The first-order valence-electron chi connectivity index (χ1n) is 9.10. The highest BCUT2D eigenvalue weighted by atomic mass is 16.6.